The molecule has 0 aliphatic heterocycles. The second-order valence-corrected chi connectivity index (χ2v) is 7.37. The van der Waals surface area contributed by atoms with Crippen LogP contribution in [0.5, 0.6) is 0 Å². The highest BCUT2D eigenvalue weighted by atomic mass is 32.2. The molecule has 0 atom stereocenters. The first-order chi connectivity index (χ1) is 9.99. The van der Waals surface area contributed by atoms with Crippen molar-refractivity contribution in [2.24, 2.45) is 0 Å². The number of thioether (sulfide) groups is 1. The molecular formula is C15H16FNO2S2. The molecule has 0 aliphatic carbocycles. The van der Waals surface area contributed by atoms with Crippen LogP contribution in [-0.2, 0) is 10.0 Å². The molecule has 0 saturated heterocycles. The summed E-state index contributed by atoms with van der Waals surface area (Å²) in [6, 6.07) is 13.4. The molecule has 0 aromatic heterocycles. The van der Waals surface area contributed by atoms with Gasteiger partial charge in [-0.3, -0.25) is 0 Å². The molecule has 0 saturated carbocycles. The van der Waals surface area contributed by atoms with Gasteiger partial charge in [-0.05, 0) is 42.8 Å². The Morgan fingerprint density at radius 1 is 1.14 bits per heavy atom. The van der Waals surface area contributed by atoms with E-state index in [-0.39, 0.29) is 4.90 Å². The summed E-state index contributed by atoms with van der Waals surface area (Å²) in [5.74, 6) is 0.190. The zero-order valence-electron chi connectivity index (χ0n) is 11.5. The highest BCUT2D eigenvalue weighted by molar-refractivity contribution is 7.99. The smallest absolute Gasteiger partial charge is 0.210 e. The van der Waals surface area contributed by atoms with Gasteiger partial charge >= 0.3 is 0 Å². The predicted molar refractivity (Wildman–Crippen MR) is 83.5 cm³/mol. The molecule has 6 heteroatoms. The van der Waals surface area contributed by atoms with Crippen LogP contribution in [0.15, 0.2) is 58.3 Å². The third-order valence-electron chi connectivity index (χ3n) is 2.83. The summed E-state index contributed by atoms with van der Waals surface area (Å²) in [4.78, 5) is 1.21. The summed E-state index contributed by atoms with van der Waals surface area (Å²) in [6.07, 6.45) is 0. The maximum absolute atomic E-state index is 13.0. The van der Waals surface area contributed by atoms with Gasteiger partial charge in [0.25, 0.3) is 0 Å². The normalized spacial score (nSPS) is 11.5. The molecule has 0 amide bonds. The van der Waals surface area contributed by atoms with Crippen LogP contribution in [0.2, 0.25) is 0 Å². The molecule has 2 rings (SSSR count). The molecule has 21 heavy (non-hydrogen) atoms. The third-order valence-corrected chi connectivity index (χ3v) is 5.47. The van der Waals surface area contributed by atoms with Crippen LogP contribution in [0.3, 0.4) is 0 Å². The fraction of sp³-hybridized carbons (Fsp3) is 0.200. The number of nitrogens with one attached hydrogen (secondary N) is 1. The van der Waals surface area contributed by atoms with Crippen molar-refractivity contribution in [1.82, 2.24) is 4.72 Å². The molecule has 1 N–H and O–H groups in total. The van der Waals surface area contributed by atoms with Crippen molar-refractivity contribution in [3.63, 3.8) is 0 Å². The van der Waals surface area contributed by atoms with Gasteiger partial charge in [0.05, 0.1) is 4.90 Å². The van der Waals surface area contributed by atoms with Crippen molar-refractivity contribution in [3.05, 3.63) is 59.9 Å². The molecule has 0 aliphatic rings. The zero-order chi connectivity index (χ0) is 15.3. The van der Waals surface area contributed by atoms with Gasteiger partial charge < -0.3 is 0 Å². The molecule has 0 radical (unpaired) electrons. The SMILES string of the molecule is Cc1cc(F)ccc1S(=O)(=O)NCCSc1ccccc1. The highest BCUT2D eigenvalue weighted by Gasteiger charge is 2.16. The Balaban J connectivity index is 1.92. The lowest BCUT2D eigenvalue weighted by atomic mass is 10.2. The number of rotatable bonds is 6. The number of halogens is 1. The van der Waals surface area contributed by atoms with Crippen LogP contribution in [0.1, 0.15) is 5.56 Å². The van der Waals surface area contributed by atoms with E-state index < -0.39 is 15.8 Å². The fourth-order valence-corrected chi connectivity index (χ4v) is 4.03. The van der Waals surface area contributed by atoms with E-state index in [1.165, 1.54) is 12.1 Å². The summed E-state index contributed by atoms with van der Waals surface area (Å²) < 4.78 is 39.8. The molecule has 0 unspecified atom stereocenters. The lowest BCUT2D eigenvalue weighted by molar-refractivity contribution is 0.582. The minimum atomic E-state index is -3.59. The van der Waals surface area contributed by atoms with E-state index in [2.05, 4.69) is 4.72 Å². The second-order valence-electron chi connectivity index (χ2n) is 4.47. The molecule has 0 bridgehead atoms. The summed E-state index contributed by atoms with van der Waals surface area (Å²) >= 11 is 1.58. The van der Waals surface area contributed by atoms with Crippen molar-refractivity contribution in [2.45, 2.75) is 16.7 Å². The Bertz CT molecular complexity index is 703. The Morgan fingerprint density at radius 2 is 1.86 bits per heavy atom. The van der Waals surface area contributed by atoms with Gasteiger partial charge in [-0.1, -0.05) is 18.2 Å². The lowest BCUT2D eigenvalue weighted by Crippen LogP contribution is -2.26. The van der Waals surface area contributed by atoms with E-state index in [1.807, 2.05) is 30.3 Å². The average Bonchev–Trinajstić information content (AvgIpc) is 2.44. The highest BCUT2D eigenvalue weighted by Crippen LogP contribution is 2.18. The zero-order valence-corrected chi connectivity index (χ0v) is 13.2. The summed E-state index contributed by atoms with van der Waals surface area (Å²) in [5, 5.41) is 0. The largest absolute Gasteiger partial charge is 0.240 e. The number of hydrogen-bond donors (Lipinski definition) is 1. The van der Waals surface area contributed by atoms with Gasteiger partial charge in [0, 0.05) is 17.2 Å². The number of hydrogen-bond acceptors (Lipinski definition) is 3. The Kier molecular flexibility index (Phi) is 5.39. The van der Waals surface area contributed by atoms with Crippen LogP contribution in [-0.4, -0.2) is 20.7 Å². The van der Waals surface area contributed by atoms with E-state index in [0.717, 1.165) is 11.0 Å². The monoisotopic (exact) mass is 325 g/mol. The van der Waals surface area contributed by atoms with Crippen molar-refractivity contribution >= 4 is 21.8 Å². The van der Waals surface area contributed by atoms with E-state index in [4.69, 9.17) is 0 Å². The van der Waals surface area contributed by atoms with E-state index in [9.17, 15) is 12.8 Å². The first-order valence-electron chi connectivity index (χ1n) is 6.43. The Hall–Kier alpha value is -1.37. The minimum absolute atomic E-state index is 0.119. The van der Waals surface area contributed by atoms with Gasteiger partial charge in [0.2, 0.25) is 10.0 Å². The van der Waals surface area contributed by atoms with Crippen LogP contribution < -0.4 is 4.72 Å². The second kappa shape index (κ2) is 7.06. The standard InChI is InChI=1S/C15H16FNO2S2/c1-12-11-13(16)7-8-15(12)21(18,19)17-9-10-20-14-5-3-2-4-6-14/h2-8,11,17H,9-10H2,1H3. The summed E-state index contributed by atoms with van der Waals surface area (Å²) in [5.41, 5.74) is 0.401. The number of sulfonamides is 1. The molecule has 0 fully saturated rings. The quantitative estimate of drug-likeness (QED) is 0.655. The molecule has 0 spiro atoms. The summed E-state index contributed by atoms with van der Waals surface area (Å²) in [7, 11) is -3.59. The fourth-order valence-electron chi connectivity index (χ4n) is 1.85. The van der Waals surface area contributed by atoms with Crippen LogP contribution in [0.4, 0.5) is 4.39 Å². The first-order valence-corrected chi connectivity index (χ1v) is 8.89. The average molecular weight is 325 g/mol. The Morgan fingerprint density at radius 3 is 2.52 bits per heavy atom. The van der Waals surface area contributed by atoms with Gasteiger partial charge in [-0.2, -0.15) is 0 Å². The van der Waals surface area contributed by atoms with E-state index in [1.54, 1.807) is 18.7 Å². The maximum Gasteiger partial charge on any atom is 0.240 e. The van der Waals surface area contributed by atoms with Gasteiger partial charge in [-0.15, -0.1) is 11.8 Å². The topological polar surface area (TPSA) is 46.2 Å². The van der Waals surface area contributed by atoms with Crippen LogP contribution in [0, 0.1) is 12.7 Å². The molecular weight excluding hydrogens is 309 g/mol. The number of aryl methyl sites for hydroxylation is 1. The predicted octanol–water partition coefficient (Wildman–Crippen LogP) is 3.20. The van der Waals surface area contributed by atoms with Crippen molar-refractivity contribution < 1.29 is 12.8 Å². The summed E-state index contributed by atoms with van der Waals surface area (Å²) in [6.45, 7) is 1.90. The first kappa shape index (κ1) is 16.0. The third kappa shape index (κ3) is 4.56. The molecule has 112 valence electrons. The molecule has 2 aromatic rings. The van der Waals surface area contributed by atoms with Crippen molar-refractivity contribution in [2.75, 3.05) is 12.3 Å². The van der Waals surface area contributed by atoms with Gasteiger partial charge in [0.15, 0.2) is 0 Å². The maximum atomic E-state index is 13.0. The van der Waals surface area contributed by atoms with E-state index in [0.29, 0.717) is 17.9 Å². The van der Waals surface area contributed by atoms with Crippen LogP contribution >= 0.6 is 11.8 Å². The van der Waals surface area contributed by atoms with Crippen LogP contribution in [0.25, 0.3) is 0 Å². The van der Waals surface area contributed by atoms with Crippen molar-refractivity contribution in [1.29, 1.82) is 0 Å². The van der Waals surface area contributed by atoms with E-state index >= 15 is 0 Å². The number of benzene rings is 2. The van der Waals surface area contributed by atoms with Gasteiger partial charge in [0.1, 0.15) is 5.82 Å². The minimum Gasteiger partial charge on any atom is -0.210 e. The van der Waals surface area contributed by atoms with Gasteiger partial charge in [-0.25, -0.2) is 17.5 Å². The molecule has 3 nitrogen and oxygen atoms in total. The lowest BCUT2D eigenvalue weighted by Gasteiger charge is -2.09. The molecule has 2 aromatic carbocycles. The van der Waals surface area contributed by atoms with Crippen molar-refractivity contribution in [3.8, 4) is 0 Å². The Labute approximate surface area is 128 Å². The molecule has 0 heterocycles.